The number of aliphatic hydroxyl groups excluding tert-OH is 3. The zero-order chi connectivity index (χ0) is 24.0. The van der Waals surface area contributed by atoms with Crippen molar-refractivity contribution >= 4 is 5.78 Å². The van der Waals surface area contributed by atoms with Crippen molar-refractivity contribution in [3.8, 4) is 0 Å². The molecular weight excluding hydrogens is 412 g/mol. The van der Waals surface area contributed by atoms with E-state index in [1.807, 2.05) is 0 Å². The van der Waals surface area contributed by atoms with E-state index in [2.05, 4.69) is 32.6 Å². The number of aliphatic hydroxyl groups is 3. The van der Waals surface area contributed by atoms with Gasteiger partial charge in [0, 0.05) is 11.8 Å². The molecule has 7 atom stereocenters. The maximum absolute atomic E-state index is 11.9. The Balaban J connectivity index is 1.45. The van der Waals surface area contributed by atoms with Crippen molar-refractivity contribution in [2.24, 2.45) is 28.6 Å². The maximum Gasteiger partial charge on any atom is 0.135 e. The van der Waals surface area contributed by atoms with Gasteiger partial charge in [-0.1, -0.05) is 38.2 Å². The Morgan fingerprint density at radius 1 is 1.21 bits per heavy atom. The van der Waals surface area contributed by atoms with Crippen molar-refractivity contribution in [3.63, 3.8) is 0 Å². The normalized spacial score (nSPS) is 40.0. The number of allylic oxidation sites excluding steroid dienone is 3. The van der Waals surface area contributed by atoms with E-state index in [-0.39, 0.29) is 22.9 Å². The molecule has 0 radical (unpaired) electrons. The minimum Gasteiger partial charge on any atom is -0.393 e. The van der Waals surface area contributed by atoms with Gasteiger partial charge in [-0.25, -0.2) is 0 Å². The molecule has 0 spiro atoms. The molecule has 3 N–H and O–H groups in total. The van der Waals surface area contributed by atoms with Crippen LogP contribution < -0.4 is 0 Å². The molecule has 0 bridgehead atoms. The fourth-order valence-electron chi connectivity index (χ4n) is 7.49. The van der Waals surface area contributed by atoms with Crippen LogP contribution in [0.2, 0.25) is 0 Å². The molecule has 4 fully saturated rings. The SMILES string of the molecule is C=C1/C(=C\C=C2/CCC[C@]3(C)[C@@H]([C@H](C)[C@H](O)CCC4(C(C)=O)CC4)CC[C@@H]23)C[C@@H](O)C[C@@H]1O. The maximum atomic E-state index is 11.9. The van der Waals surface area contributed by atoms with Gasteiger partial charge in [0.05, 0.1) is 18.3 Å². The van der Waals surface area contributed by atoms with E-state index >= 15 is 0 Å². The summed E-state index contributed by atoms with van der Waals surface area (Å²) in [6.45, 7) is 10.4. The Labute approximate surface area is 199 Å². The van der Waals surface area contributed by atoms with Crippen molar-refractivity contribution in [3.05, 3.63) is 35.5 Å². The standard InChI is InChI=1S/C29H44O4/c1-18-22(16-23(31)17-27(18)33)8-7-21-6-5-12-28(4)24(9-10-25(21)28)19(2)26(32)11-13-29(14-15-29)20(3)30/h7-8,19,23-27,31-33H,1,5-6,9-17H2,2-4H3/b21-7+,22-8-/t19-,23+,24+,25-,26+,27-,28+/m0/s1. The average molecular weight is 457 g/mol. The highest BCUT2D eigenvalue weighted by Crippen LogP contribution is 2.60. The van der Waals surface area contributed by atoms with Crippen LogP contribution in [0.5, 0.6) is 0 Å². The summed E-state index contributed by atoms with van der Waals surface area (Å²) in [7, 11) is 0. The second-order valence-corrected chi connectivity index (χ2v) is 12.0. The van der Waals surface area contributed by atoms with Crippen molar-refractivity contribution in [2.45, 2.75) is 110 Å². The lowest BCUT2D eigenvalue weighted by molar-refractivity contribution is -0.122. The molecule has 0 unspecified atom stereocenters. The van der Waals surface area contributed by atoms with Crippen LogP contribution in [-0.4, -0.2) is 39.4 Å². The van der Waals surface area contributed by atoms with Gasteiger partial charge in [0.25, 0.3) is 0 Å². The second kappa shape index (κ2) is 9.43. The predicted octanol–water partition coefficient (Wildman–Crippen LogP) is 5.27. The number of carbonyl (C=O) groups excluding carboxylic acids is 1. The number of Topliss-reactive ketones (excluding diaryl/α,β-unsaturated/α-hetero) is 1. The van der Waals surface area contributed by atoms with Crippen LogP contribution in [0.4, 0.5) is 0 Å². The van der Waals surface area contributed by atoms with E-state index in [1.165, 1.54) is 18.4 Å². The molecule has 4 aliphatic carbocycles. The van der Waals surface area contributed by atoms with Gasteiger partial charge in [-0.15, -0.1) is 0 Å². The van der Waals surface area contributed by atoms with Crippen molar-refractivity contribution in [1.82, 2.24) is 0 Å². The number of rotatable bonds is 7. The molecule has 4 saturated carbocycles. The zero-order valence-electron chi connectivity index (χ0n) is 20.9. The first-order valence-electron chi connectivity index (χ1n) is 13.2. The summed E-state index contributed by atoms with van der Waals surface area (Å²) in [6, 6.07) is 0. The van der Waals surface area contributed by atoms with Crippen LogP contribution in [-0.2, 0) is 4.79 Å². The van der Waals surface area contributed by atoms with E-state index in [9.17, 15) is 20.1 Å². The smallest absolute Gasteiger partial charge is 0.135 e. The van der Waals surface area contributed by atoms with Crippen LogP contribution >= 0.6 is 0 Å². The zero-order valence-corrected chi connectivity index (χ0v) is 20.9. The molecular formula is C29H44O4. The highest BCUT2D eigenvalue weighted by Gasteiger charge is 2.52. The summed E-state index contributed by atoms with van der Waals surface area (Å²) >= 11 is 0. The lowest BCUT2D eigenvalue weighted by Crippen LogP contribution is -2.39. The molecule has 0 saturated heterocycles. The molecule has 0 aromatic rings. The van der Waals surface area contributed by atoms with Gasteiger partial charge in [-0.2, -0.15) is 0 Å². The monoisotopic (exact) mass is 456 g/mol. The fraction of sp³-hybridized carbons (Fsp3) is 0.759. The summed E-state index contributed by atoms with van der Waals surface area (Å²) in [5, 5.41) is 31.3. The van der Waals surface area contributed by atoms with Gasteiger partial charge in [-0.3, -0.25) is 4.79 Å². The second-order valence-electron chi connectivity index (χ2n) is 12.0. The van der Waals surface area contributed by atoms with E-state index in [0.717, 1.165) is 56.1 Å². The van der Waals surface area contributed by atoms with Gasteiger partial charge >= 0.3 is 0 Å². The Bertz CT molecular complexity index is 835. The van der Waals surface area contributed by atoms with Crippen molar-refractivity contribution < 1.29 is 20.1 Å². The first-order chi connectivity index (χ1) is 15.6. The van der Waals surface area contributed by atoms with Crippen LogP contribution in [0.25, 0.3) is 0 Å². The molecule has 0 amide bonds. The molecule has 0 heterocycles. The summed E-state index contributed by atoms with van der Waals surface area (Å²) in [5.41, 5.74) is 3.27. The van der Waals surface area contributed by atoms with Gasteiger partial charge in [0.1, 0.15) is 5.78 Å². The molecule has 184 valence electrons. The van der Waals surface area contributed by atoms with E-state index in [1.54, 1.807) is 6.92 Å². The summed E-state index contributed by atoms with van der Waals surface area (Å²) < 4.78 is 0. The minimum atomic E-state index is -0.647. The van der Waals surface area contributed by atoms with Crippen LogP contribution in [0.15, 0.2) is 35.5 Å². The largest absolute Gasteiger partial charge is 0.393 e. The van der Waals surface area contributed by atoms with Crippen LogP contribution in [0.1, 0.15) is 91.4 Å². The lowest BCUT2D eigenvalue weighted by Gasteiger charge is -2.45. The van der Waals surface area contributed by atoms with Crippen molar-refractivity contribution in [2.75, 3.05) is 0 Å². The third-order valence-corrected chi connectivity index (χ3v) is 10.1. The van der Waals surface area contributed by atoms with Crippen molar-refractivity contribution in [1.29, 1.82) is 0 Å². The average Bonchev–Trinajstić information content (AvgIpc) is 3.48. The number of ketones is 1. The molecule has 4 rings (SSSR count). The van der Waals surface area contributed by atoms with E-state index in [4.69, 9.17) is 0 Å². The first-order valence-corrected chi connectivity index (χ1v) is 13.2. The molecule has 0 aromatic carbocycles. The fourth-order valence-corrected chi connectivity index (χ4v) is 7.49. The Morgan fingerprint density at radius 3 is 2.61 bits per heavy atom. The first kappa shape index (κ1) is 24.9. The number of hydrogen-bond donors (Lipinski definition) is 3. The van der Waals surface area contributed by atoms with E-state index < -0.39 is 12.2 Å². The molecule has 4 heteroatoms. The molecule has 0 aromatic heterocycles. The molecule has 4 aliphatic rings. The quantitative estimate of drug-likeness (QED) is 0.487. The Kier molecular flexibility index (Phi) is 7.11. The number of hydrogen-bond acceptors (Lipinski definition) is 4. The number of carbonyl (C=O) groups is 1. The van der Waals surface area contributed by atoms with Gasteiger partial charge < -0.3 is 15.3 Å². The Hall–Kier alpha value is -1.23. The van der Waals surface area contributed by atoms with Gasteiger partial charge in [0.15, 0.2) is 0 Å². The third-order valence-electron chi connectivity index (χ3n) is 10.1. The molecule has 4 nitrogen and oxygen atoms in total. The lowest BCUT2D eigenvalue weighted by atomic mass is 9.60. The van der Waals surface area contributed by atoms with Crippen LogP contribution in [0.3, 0.4) is 0 Å². The third kappa shape index (κ3) is 4.81. The minimum absolute atomic E-state index is 0.124. The summed E-state index contributed by atoms with van der Waals surface area (Å²) in [5.74, 6) is 1.56. The highest BCUT2D eigenvalue weighted by molar-refractivity contribution is 5.84. The summed E-state index contributed by atoms with van der Waals surface area (Å²) in [6.07, 6.45) is 13.2. The van der Waals surface area contributed by atoms with Crippen LogP contribution in [0, 0.1) is 28.6 Å². The highest BCUT2D eigenvalue weighted by atomic mass is 16.3. The Morgan fingerprint density at radius 2 is 1.94 bits per heavy atom. The van der Waals surface area contributed by atoms with Gasteiger partial charge in [0.2, 0.25) is 0 Å². The van der Waals surface area contributed by atoms with E-state index in [0.29, 0.717) is 30.5 Å². The summed E-state index contributed by atoms with van der Waals surface area (Å²) in [4.78, 5) is 11.9. The topological polar surface area (TPSA) is 77.8 Å². The molecule has 0 aliphatic heterocycles. The number of fused-ring (bicyclic) bond motifs is 1. The predicted molar refractivity (Wildman–Crippen MR) is 131 cm³/mol. The molecule has 33 heavy (non-hydrogen) atoms. The van der Waals surface area contributed by atoms with Gasteiger partial charge in [-0.05, 0) is 105 Å².